The van der Waals surface area contributed by atoms with Gasteiger partial charge in [0, 0.05) is 6.54 Å². The van der Waals surface area contributed by atoms with Crippen molar-refractivity contribution in [2.45, 2.75) is 47.1 Å². The minimum atomic E-state index is -0.141. The summed E-state index contributed by atoms with van der Waals surface area (Å²) in [7, 11) is 0. The van der Waals surface area contributed by atoms with Gasteiger partial charge in [-0.2, -0.15) is 5.10 Å². The van der Waals surface area contributed by atoms with Crippen molar-refractivity contribution in [3.63, 3.8) is 0 Å². The van der Waals surface area contributed by atoms with Crippen LogP contribution < -0.4 is 5.32 Å². The zero-order valence-corrected chi connectivity index (χ0v) is 13.0. The van der Waals surface area contributed by atoms with E-state index >= 15 is 0 Å². The highest BCUT2D eigenvalue weighted by atomic mass is 19.1. The summed E-state index contributed by atoms with van der Waals surface area (Å²) >= 11 is 0. The zero-order chi connectivity index (χ0) is 15.4. The molecule has 0 aliphatic heterocycles. The summed E-state index contributed by atoms with van der Waals surface area (Å²) in [5.74, 6) is 0.376. The Balaban J connectivity index is 2.13. The van der Waals surface area contributed by atoms with Crippen LogP contribution in [-0.4, -0.2) is 15.2 Å². The first-order valence-electron chi connectivity index (χ1n) is 7.27. The molecule has 0 spiro atoms. The van der Waals surface area contributed by atoms with Crippen LogP contribution in [0.5, 0.6) is 0 Å². The van der Waals surface area contributed by atoms with Crippen molar-refractivity contribution in [3.8, 4) is 0 Å². The average molecular weight is 288 g/mol. The first-order valence-corrected chi connectivity index (χ1v) is 7.27. The highest BCUT2D eigenvalue weighted by Gasteiger charge is 2.07. The number of nitrogens with one attached hydrogen (secondary N) is 1. The van der Waals surface area contributed by atoms with Crippen molar-refractivity contribution in [1.82, 2.24) is 15.2 Å². The van der Waals surface area contributed by atoms with Crippen molar-refractivity contribution < 1.29 is 4.39 Å². The van der Waals surface area contributed by atoms with Gasteiger partial charge in [0.15, 0.2) is 0 Å². The lowest BCUT2D eigenvalue weighted by atomic mass is 10.1. The molecule has 1 heterocycles. The summed E-state index contributed by atoms with van der Waals surface area (Å²) < 4.78 is 13.6. The maximum atomic E-state index is 13.6. The van der Waals surface area contributed by atoms with Gasteiger partial charge in [-0.3, -0.25) is 0 Å². The highest BCUT2D eigenvalue weighted by molar-refractivity contribution is 5.34. The maximum absolute atomic E-state index is 13.6. The fraction of sp³-hybridized carbons (Fsp3) is 0.438. The number of aryl methyl sites for hydroxylation is 4. The molecule has 0 radical (unpaired) electrons. The molecule has 21 heavy (non-hydrogen) atoms. The Morgan fingerprint density at radius 3 is 2.19 bits per heavy atom. The first-order chi connectivity index (χ1) is 10.0. The molecule has 0 saturated carbocycles. The van der Waals surface area contributed by atoms with Crippen molar-refractivity contribution in [1.29, 1.82) is 0 Å². The smallest absolute Gasteiger partial charge is 0.243 e. The van der Waals surface area contributed by atoms with Crippen LogP contribution >= 0.6 is 0 Å². The number of anilines is 1. The van der Waals surface area contributed by atoms with E-state index in [-0.39, 0.29) is 5.82 Å². The Morgan fingerprint density at radius 1 is 1.00 bits per heavy atom. The summed E-state index contributed by atoms with van der Waals surface area (Å²) in [5.41, 5.74) is 4.23. The predicted octanol–water partition coefficient (Wildman–Crippen LogP) is 3.36. The summed E-state index contributed by atoms with van der Waals surface area (Å²) in [6, 6.07) is 3.67. The normalized spacial score (nSPS) is 10.7. The van der Waals surface area contributed by atoms with Gasteiger partial charge < -0.3 is 5.32 Å². The van der Waals surface area contributed by atoms with E-state index in [0.717, 1.165) is 29.8 Å². The molecule has 2 aromatic rings. The number of rotatable bonds is 5. The van der Waals surface area contributed by atoms with Gasteiger partial charge in [0.2, 0.25) is 5.95 Å². The van der Waals surface area contributed by atoms with E-state index in [1.807, 2.05) is 19.1 Å². The van der Waals surface area contributed by atoms with Crippen LogP contribution in [0, 0.1) is 19.7 Å². The fourth-order valence-electron chi connectivity index (χ4n) is 2.33. The molecule has 4 nitrogen and oxygen atoms in total. The van der Waals surface area contributed by atoms with E-state index in [1.54, 1.807) is 13.8 Å². The molecular formula is C16H21FN4. The van der Waals surface area contributed by atoms with Crippen LogP contribution in [0.3, 0.4) is 0 Å². The van der Waals surface area contributed by atoms with Gasteiger partial charge in [-0.05, 0) is 43.4 Å². The molecule has 0 unspecified atom stereocenters. The van der Waals surface area contributed by atoms with Gasteiger partial charge in [0.05, 0.1) is 11.4 Å². The van der Waals surface area contributed by atoms with E-state index in [9.17, 15) is 4.39 Å². The second kappa shape index (κ2) is 6.61. The molecule has 0 saturated heterocycles. The highest BCUT2D eigenvalue weighted by Crippen LogP contribution is 2.15. The summed E-state index contributed by atoms with van der Waals surface area (Å²) in [6.45, 7) is 8.20. The molecule has 112 valence electrons. The number of hydrogen-bond donors (Lipinski definition) is 1. The fourth-order valence-corrected chi connectivity index (χ4v) is 2.33. The third kappa shape index (κ3) is 3.54. The van der Waals surface area contributed by atoms with Crippen molar-refractivity contribution in [3.05, 3.63) is 46.0 Å². The van der Waals surface area contributed by atoms with Gasteiger partial charge >= 0.3 is 0 Å². The van der Waals surface area contributed by atoms with Crippen LogP contribution in [0.2, 0.25) is 0 Å². The van der Waals surface area contributed by atoms with E-state index in [0.29, 0.717) is 23.6 Å². The van der Waals surface area contributed by atoms with Crippen molar-refractivity contribution in [2.24, 2.45) is 0 Å². The number of aromatic nitrogens is 3. The average Bonchev–Trinajstić information content (AvgIpc) is 2.50. The van der Waals surface area contributed by atoms with Crippen LogP contribution in [0.25, 0.3) is 0 Å². The summed E-state index contributed by atoms with van der Waals surface area (Å²) in [5, 5.41) is 11.4. The Morgan fingerprint density at radius 2 is 1.62 bits per heavy atom. The quantitative estimate of drug-likeness (QED) is 0.916. The Kier molecular flexibility index (Phi) is 4.83. The summed E-state index contributed by atoms with van der Waals surface area (Å²) in [4.78, 5) is 4.48. The van der Waals surface area contributed by atoms with Gasteiger partial charge in [0.1, 0.15) is 5.82 Å². The lowest BCUT2D eigenvalue weighted by molar-refractivity contribution is 0.608. The number of nitrogens with zero attached hydrogens (tertiary/aromatic N) is 3. The molecule has 5 heteroatoms. The first kappa shape index (κ1) is 15.4. The molecule has 0 bridgehead atoms. The minimum Gasteiger partial charge on any atom is -0.349 e. The van der Waals surface area contributed by atoms with Crippen LogP contribution in [0.4, 0.5) is 10.3 Å². The van der Waals surface area contributed by atoms with Gasteiger partial charge in [-0.15, -0.1) is 5.10 Å². The van der Waals surface area contributed by atoms with Gasteiger partial charge in [0.25, 0.3) is 0 Å². The zero-order valence-electron chi connectivity index (χ0n) is 13.0. The topological polar surface area (TPSA) is 50.7 Å². The SMILES string of the molecule is CCc1nnc(NCc2cc(C)c(F)c(C)c2)nc1CC. The van der Waals surface area contributed by atoms with Crippen LogP contribution in [0.15, 0.2) is 12.1 Å². The number of benzene rings is 1. The number of halogens is 1. The maximum Gasteiger partial charge on any atom is 0.243 e. The van der Waals surface area contributed by atoms with E-state index in [4.69, 9.17) is 0 Å². The lowest BCUT2D eigenvalue weighted by Crippen LogP contribution is -2.10. The minimum absolute atomic E-state index is 0.141. The van der Waals surface area contributed by atoms with E-state index in [1.165, 1.54) is 0 Å². The standard InChI is InChI=1S/C16H21FN4/c1-5-13-14(6-2)20-21-16(19-13)18-9-12-7-10(3)15(17)11(4)8-12/h7-8H,5-6,9H2,1-4H3,(H,18,19,21). The molecule has 0 aliphatic rings. The van der Waals surface area contributed by atoms with Crippen molar-refractivity contribution in [2.75, 3.05) is 5.32 Å². The van der Waals surface area contributed by atoms with Crippen LogP contribution in [0.1, 0.15) is 41.9 Å². The molecular weight excluding hydrogens is 267 g/mol. The van der Waals surface area contributed by atoms with E-state index < -0.39 is 0 Å². The molecule has 1 N–H and O–H groups in total. The predicted molar refractivity (Wildman–Crippen MR) is 81.8 cm³/mol. The third-order valence-corrected chi connectivity index (χ3v) is 3.46. The van der Waals surface area contributed by atoms with Crippen LogP contribution in [-0.2, 0) is 19.4 Å². The second-order valence-electron chi connectivity index (χ2n) is 5.13. The van der Waals surface area contributed by atoms with Gasteiger partial charge in [-0.25, -0.2) is 9.37 Å². The molecule has 1 aromatic carbocycles. The molecule has 0 aliphatic carbocycles. The monoisotopic (exact) mass is 288 g/mol. The third-order valence-electron chi connectivity index (χ3n) is 3.46. The molecule has 0 fully saturated rings. The molecule has 2 rings (SSSR count). The molecule has 0 atom stereocenters. The Labute approximate surface area is 124 Å². The molecule has 1 aromatic heterocycles. The Bertz CT molecular complexity index is 617. The Hall–Kier alpha value is -2.04. The second-order valence-corrected chi connectivity index (χ2v) is 5.13. The van der Waals surface area contributed by atoms with Gasteiger partial charge in [-0.1, -0.05) is 26.0 Å². The van der Waals surface area contributed by atoms with Crippen molar-refractivity contribution >= 4 is 5.95 Å². The number of hydrogen-bond acceptors (Lipinski definition) is 4. The lowest BCUT2D eigenvalue weighted by Gasteiger charge is -2.10. The summed E-state index contributed by atoms with van der Waals surface area (Å²) in [6.07, 6.45) is 1.67. The molecule has 0 amide bonds. The van der Waals surface area contributed by atoms with E-state index in [2.05, 4.69) is 27.4 Å². The largest absolute Gasteiger partial charge is 0.349 e.